The molecule has 2 aromatic heterocycles. The monoisotopic (exact) mass is 340 g/mol. The molecule has 0 unspecified atom stereocenters. The van der Waals surface area contributed by atoms with Gasteiger partial charge in [-0.05, 0) is 29.3 Å². The van der Waals surface area contributed by atoms with Gasteiger partial charge in [-0.3, -0.25) is 4.57 Å². The maximum atomic E-state index is 12.2. The van der Waals surface area contributed by atoms with Crippen LogP contribution in [0.2, 0.25) is 5.02 Å². The van der Waals surface area contributed by atoms with Gasteiger partial charge in [-0.15, -0.1) is 10.2 Å². The second-order valence-electron chi connectivity index (χ2n) is 5.50. The summed E-state index contributed by atoms with van der Waals surface area (Å²) in [5, 5.41) is 8.13. The van der Waals surface area contributed by atoms with Gasteiger partial charge in [0.05, 0.1) is 24.0 Å². The van der Waals surface area contributed by atoms with E-state index in [1.807, 2.05) is 30.3 Å². The van der Waals surface area contributed by atoms with E-state index in [4.69, 9.17) is 16.0 Å². The maximum absolute atomic E-state index is 12.2. The van der Waals surface area contributed by atoms with Crippen LogP contribution >= 0.6 is 11.6 Å². The van der Waals surface area contributed by atoms with E-state index in [1.54, 1.807) is 16.7 Å². The van der Waals surface area contributed by atoms with Gasteiger partial charge in [0.1, 0.15) is 0 Å². The van der Waals surface area contributed by atoms with Crippen LogP contribution in [0.5, 0.6) is 0 Å². The molecule has 0 spiro atoms. The van der Waals surface area contributed by atoms with E-state index >= 15 is 0 Å². The minimum absolute atomic E-state index is 0.151. The number of nitrogens with one attached hydrogen (secondary N) is 1. The first-order chi connectivity index (χ1) is 11.7. The highest BCUT2D eigenvalue weighted by atomic mass is 35.5. The van der Waals surface area contributed by atoms with E-state index in [0.29, 0.717) is 23.9 Å². The Morgan fingerprint density at radius 3 is 2.67 bits per heavy atom. The molecule has 1 N–H and O–H groups in total. The number of benzene rings is 2. The van der Waals surface area contributed by atoms with Gasteiger partial charge in [0.25, 0.3) is 0 Å². The fourth-order valence-electron chi connectivity index (χ4n) is 2.69. The van der Waals surface area contributed by atoms with Crippen LogP contribution in [-0.2, 0) is 13.0 Å². The fourth-order valence-corrected chi connectivity index (χ4v) is 2.86. The Hall–Kier alpha value is -2.86. The first kappa shape index (κ1) is 14.7. The molecule has 0 saturated carbocycles. The Morgan fingerprint density at radius 2 is 1.92 bits per heavy atom. The minimum Gasteiger partial charge on any atom is -0.428 e. The Bertz CT molecular complexity index is 1030. The van der Waals surface area contributed by atoms with Crippen LogP contribution in [0.15, 0.2) is 58.1 Å². The summed E-state index contributed by atoms with van der Waals surface area (Å²) in [4.78, 5) is 15.0. The lowest BCUT2D eigenvalue weighted by Gasteiger charge is -2.05. The summed E-state index contributed by atoms with van der Waals surface area (Å²) in [6.07, 6.45) is 1.91. The van der Waals surface area contributed by atoms with E-state index in [-0.39, 0.29) is 5.69 Å². The predicted molar refractivity (Wildman–Crippen MR) is 90.2 cm³/mol. The molecule has 0 aliphatic rings. The van der Waals surface area contributed by atoms with Crippen molar-refractivity contribution in [3.8, 4) is 0 Å². The molecule has 0 amide bonds. The van der Waals surface area contributed by atoms with Crippen molar-refractivity contribution in [1.29, 1.82) is 0 Å². The van der Waals surface area contributed by atoms with Crippen molar-refractivity contribution in [2.24, 2.45) is 0 Å². The topological polar surface area (TPSA) is 76.7 Å². The molecule has 24 heavy (non-hydrogen) atoms. The first-order valence-corrected chi connectivity index (χ1v) is 7.78. The molecular weight excluding hydrogens is 328 g/mol. The molecule has 6 nitrogen and oxygen atoms in total. The van der Waals surface area contributed by atoms with Gasteiger partial charge in [0.15, 0.2) is 0 Å². The van der Waals surface area contributed by atoms with Crippen molar-refractivity contribution in [1.82, 2.24) is 19.7 Å². The van der Waals surface area contributed by atoms with Crippen molar-refractivity contribution in [3.63, 3.8) is 0 Å². The zero-order valence-electron chi connectivity index (χ0n) is 12.6. The molecule has 4 rings (SSSR count). The van der Waals surface area contributed by atoms with E-state index in [1.165, 1.54) is 6.39 Å². The summed E-state index contributed by atoms with van der Waals surface area (Å²) in [5.74, 6) is 0.576. The van der Waals surface area contributed by atoms with Gasteiger partial charge in [-0.1, -0.05) is 35.9 Å². The van der Waals surface area contributed by atoms with E-state index < -0.39 is 0 Å². The molecule has 7 heteroatoms. The Kier molecular flexibility index (Phi) is 3.66. The summed E-state index contributed by atoms with van der Waals surface area (Å²) in [6.45, 7) is 0.487. The Balaban J connectivity index is 1.59. The molecule has 0 aliphatic heterocycles. The van der Waals surface area contributed by atoms with Crippen LogP contribution in [-0.4, -0.2) is 19.7 Å². The quantitative estimate of drug-likeness (QED) is 0.619. The minimum atomic E-state index is -0.151. The van der Waals surface area contributed by atoms with Gasteiger partial charge < -0.3 is 9.40 Å². The largest absolute Gasteiger partial charge is 0.428 e. The molecule has 0 radical (unpaired) electrons. The van der Waals surface area contributed by atoms with Gasteiger partial charge in [-0.2, -0.15) is 0 Å². The number of aromatic nitrogens is 4. The number of rotatable bonds is 4. The second-order valence-corrected chi connectivity index (χ2v) is 5.94. The predicted octanol–water partition coefficient (Wildman–Crippen LogP) is 3.01. The van der Waals surface area contributed by atoms with Crippen LogP contribution in [0.1, 0.15) is 17.0 Å². The smallest absolute Gasteiger partial charge is 0.326 e. The highest BCUT2D eigenvalue weighted by Crippen LogP contribution is 2.18. The summed E-state index contributed by atoms with van der Waals surface area (Å²) in [5.41, 5.74) is 3.52. The molecule has 0 fully saturated rings. The zero-order valence-corrected chi connectivity index (χ0v) is 13.3. The summed E-state index contributed by atoms with van der Waals surface area (Å²) < 4.78 is 6.84. The number of hydrogen-bond donors (Lipinski definition) is 1. The summed E-state index contributed by atoms with van der Waals surface area (Å²) >= 11 is 5.97. The number of halogens is 1. The molecule has 0 saturated heterocycles. The Morgan fingerprint density at radius 1 is 1.12 bits per heavy atom. The summed E-state index contributed by atoms with van der Waals surface area (Å²) in [6, 6.07) is 13.4. The first-order valence-electron chi connectivity index (χ1n) is 7.40. The van der Waals surface area contributed by atoms with Crippen molar-refractivity contribution in [2.45, 2.75) is 13.0 Å². The van der Waals surface area contributed by atoms with Crippen molar-refractivity contribution in [2.75, 3.05) is 0 Å². The number of H-pyrrole nitrogens is 1. The highest BCUT2D eigenvalue weighted by molar-refractivity contribution is 6.31. The molecule has 4 aromatic rings. The lowest BCUT2D eigenvalue weighted by molar-refractivity contribution is 0.505. The van der Waals surface area contributed by atoms with Crippen LogP contribution in [0, 0.1) is 0 Å². The van der Waals surface area contributed by atoms with E-state index in [9.17, 15) is 4.79 Å². The number of nitrogens with zero attached hydrogens (tertiary/aromatic N) is 3. The second kappa shape index (κ2) is 5.98. The van der Waals surface area contributed by atoms with Crippen LogP contribution in [0.25, 0.3) is 11.0 Å². The summed E-state index contributed by atoms with van der Waals surface area (Å²) in [7, 11) is 0. The average molecular weight is 341 g/mol. The number of imidazole rings is 1. The third kappa shape index (κ3) is 2.83. The normalized spacial score (nSPS) is 11.2. The third-order valence-electron chi connectivity index (χ3n) is 3.86. The highest BCUT2D eigenvalue weighted by Gasteiger charge is 2.08. The molecule has 0 bridgehead atoms. The Labute approximate surface area is 141 Å². The molecule has 2 aromatic carbocycles. The lowest BCUT2D eigenvalue weighted by Crippen LogP contribution is -2.17. The van der Waals surface area contributed by atoms with Gasteiger partial charge in [0.2, 0.25) is 12.3 Å². The molecular formula is C17H13ClN4O2. The third-order valence-corrected chi connectivity index (χ3v) is 4.10. The van der Waals surface area contributed by atoms with E-state index in [2.05, 4.69) is 15.2 Å². The zero-order chi connectivity index (χ0) is 16.5. The van der Waals surface area contributed by atoms with Crippen LogP contribution < -0.4 is 5.69 Å². The van der Waals surface area contributed by atoms with Gasteiger partial charge >= 0.3 is 5.69 Å². The van der Waals surface area contributed by atoms with Crippen LogP contribution in [0.4, 0.5) is 0 Å². The van der Waals surface area contributed by atoms with Gasteiger partial charge in [0, 0.05) is 5.02 Å². The van der Waals surface area contributed by atoms with Gasteiger partial charge in [-0.25, -0.2) is 4.79 Å². The lowest BCUT2D eigenvalue weighted by atomic mass is 10.1. The van der Waals surface area contributed by atoms with Crippen molar-refractivity contribution in [3.05, 3.63) is 81.4 Å². The van der Waals surface area contributed by atoms with Crippen molar-refractivity contribution >= 4 is 22.6 Å². The maximum Gasteiger partial charge on any atom is 0.326 e. The number of hydrogen-bond acceptors (Lipinski definition) is 4. The molecule has 120 valence electrons. The number of fused-ring (bicyclic) bond motifs is 1. The average Bonchev–Trinajstić information content (AvgIpc) is 3.17. The van der Waals surface area contributed by atoms with Crippen LogP contribution in [0.3, 0.4) is 0 Å². The van der Waals surface area contributed by atoms with Crippen molar-refractivity contribution < 1.29 is 4.42 Å². The standard InChI is InChI=1S/C17H13ClN4O2/c18-13-5-6-15-14(8-13)20-17(23)22(15)9-12-3-1-11(2-4-12)7-16-21-19-10-24-16/h1-6,8,10H,7,9H2,(H,20,23). The molecule has 2 heterocycles. The SMILES string of the molecule is O=c1[nH]c2cc(Cl)ccc2n1Cc1ccc(Cc2nnco2)cc1. The fraction of sp³-hybridized carbons (Fsp3) is 0.118. The van der Waals surface area contributed by atoms with E-state index in [0.717, 1.165) is 22.2 Å². The molecule has 0 atom stereocenters. The molecule has 0 aliphatic carbocycles. The number of aromatic amines is 1.